The van der Waals surface area contributed by atoms with E-state index in [0.29, 0.717) is 23.2 Å². The second kappa shape index (κ2) is 9.57. The normalized spacial score (nSPS) is 11.7. The molecule has 3 rings (SSSR count). The van der Waals surface area contributed by atoms with Gasteiger partial charge in [-0.05, 0) is 67.1 Å². The zero-order valence-corrected chi connectivity index (χ0v) is 16.6. The Hall–Kier alpha value is -2.57. The number of carbonyl (C=O) groups is 1. The molecule has 28 heavy (non-hydrogen) atoms. The van der Waals surface area contributed by atoms with Crippen LogP contribution in [0.3, 0.4) is 0 Å². The van der Waals surface area contributed by atoms with E-state index in [1.165, 1.54) is 36.0 Å². The van der Waals surface area contributed by atoms with Gasteiger partial charge in [0.15, 0.2) is 0 Å². The monoisotopic (exact) mass is 416 g/mol. The number of amides is 1. The Bertz CT molecular complexity index is 936. The molecule has 0 aliphatic rings. The molecule has 4 nitrogen and oxygen atoms in total. The van der Waals surface area contributed by atoms with Gasteiger partial charge in [-0.15, -0.1) is 11.8 Å². The molecule has 2 aromatic carbocycles. The molecule has 0 aliphatic carbocycles. The van der Waals surface area contributed by atoms with E-state index in [4.69, 9.17) is 16.3 Å². The van der Waals surface area contributed by atoms with E-state index in [1.807, 2.05) is 19.1 Å². The van der Waals surface area contributed by atoms with Crippen LogP contribution in [0.1, 0.15) is 12.5 Å². The first kappa shape index (κ1) is 20.2. The molecule has 0 bridgehead atoms. The summed E-state index contributed by atoms with van der Waals surface area (Å²) >= 11 is 7.34. The van der Waals surface area contributed by atoms with Crippen molar-refractivity contribution in [2.45, 2.75) is 23.6 Å². The lowest BCUT2D eigenvalue weighted by Crippen LogP contribution is -2.30. The van der Waals surface area contributed by atoms with E-state index in [0.717, 1.165) is 10.5 Å². The van der Waals surface area contributed by atoms with Crippen molar-refractivity contribution >= 4 is 29.3 Å². The highest BCUT2D eigenvalue weighted by Crippen LogP contribution is 2.25. The molecule has 0 fully saturated rings. The molecular weight excluding hydrogens is 399 g/mol. The second-order valence-electron chi connectivity index (χ2n) is 5.99. The largest absolute Gasteiger partial charge is 0.439 e. The molecule has 0 saturated carbocycles. The van der Waals surface area contributed by atoms with Crippen molar-refractivity contribution < 1.29 is 13.9 Å². The number of rotatable bonds is 7. The van der Waals surface area contributed by atoms with Crippen molar-refractivity contribution in [1.29, 1.82) is 0 Å². The summed E-state index contributed by atoms with van der Waals surface area (Å²) in [7, 11) is 0. The van der Waals surface area contributed by atoms with Crippen molar-refractivity contribution in [3.05, 3.63) is 83.3 Å². The summed E-state index contributed by atoms with van der Waals surface area (Å²) in [5.74, 6) is 0.463. The number of hydrogen-bond acceptors (Lipinski definition) is 4. The van der Waals surface area contributed by atoms with Crippen molar-refractivity contribution in [1.82, 2.24) is 10.3 Å². The van der Waals surface area contributed by atoms with Crippen LogP contribution >= 0.6 is 23.4 Å². The fourth-order valence-corrected chi connectivity index (χ4v) is 3.36. The first-order valence-corrected chi connectivity index (χ1v) is 9.83. The first-order valence-electron chi connectivity index (χ1n) is 8.58. The predicted octanol–water partition coefficient (Wildman–Crippen LogP) is 5.46. The zero-order valence-electron chi connectivity index (χ0n) is 15.1. The third-order valence-electron chi connectivity index (χ3n) is 3.80. The third kappa shape index (κ3) is 5.97. The first-order chi connectivity index (χ1) is 13.5. The third-order valence-corrected chi connectivity index (χ3v) is 5.16. The van der Waals surface area contributed by atoms with Crippen LogP contribution < -0.4 is 10.1 Å². The Kier molecular flexibility index (Phi) is 6.90. The van der Waals surface area contributed by atoms with Crippen LogP contribution in [0, 0.1) is 5.82 Å². The number of aromatic nitrogens is 1. The Morgan fingerprint density at radius 3 is 2.61 bits per heavy atom. The summed E-state index contributed by atoms with van der Waals surface area (Å²) in [4.78, 5) is 17.5. The quantitative estimate of drug-likeness (QED) is 0.519. The number of nitrogens with zero attached hydrogens (tertiary/aromatic N) is 1. The van der Waals surface area contributed by atoms with E-state index in [2.05, 4.69) is 10.3 Å². The van der Waals surface area contributed by atoms with Gasteiger partial charge in [0.2, 0.25) is 11.8 Å². The van der Waals surface area contributed by atoms with Gasteiger partial charge in [0, 0.05) is 28.7 Å². The van der Waals surface area contributed by atoms with Gasteiger partial charge >= 0.3 is 0 Å². The number of halogens is 2. The average Bonchev–Trinajstić information content (AvgIpc) is 2.70. The molecule has 7 heteroatoms. The van der Waals surface area contributed by atoms with E-state index in [-0.39, 0.29) is 17.0 Å². The van der Waals surface area contributed by atoms with Crippen molar-refractivity contribution in [3.63, 3.8) is 0 Å². The number of benzene rings is 2. The molecule has 1 heterocycles. The number of thioether (sulfide) groups is 1. The Labute approximate surface area is 172 Å². The highest BCUT2D eigenvalue weighted by molar-refractivity contribution is 8.00. The molecule has 1 aromatic heterocycles. The molecular formula is C21H18ClFN2O2S. The van der Waals surface area contributed by atoms with Crippen LogP contribution in [0.2, 0.25) is 5.02 Å². The lowest BCUT2D eigenvalue weighted by atomic mass is 10.2. The fraction of sp³-hybridized carbons (Fsp3) is 0.143. The van der Waals surface area contributed by atoms with Crippen molar-refractivity contribution in [3.8, 4) is 11.6 Å². The highest BCUT2D eigenvalue weighted by atomic mass is 35.5. The van der Waals surface area contributed by atoms with Crippen LogP contribution in [0.15, 0.2) is 71.8 Å². The lowest BCUT2D eigenvalue weighted by molar-refractivity contribution is -0.120. The summed E-state index contributed by atoms with van der Waals surface area (Å²) in [6.45, 7) is 2.21. The Morgan fingerprint density at radius 2 is 1.89 bits per heavy atom. The maximum absolute atomic E-state index is 13.0. The van der Waals surface area contributed by atoms with Crippen molar-refractivity contribution in [2.24, 2.45) is 0 Å². The summed E-state index contributed by atoms with van der Waals surface area (Å²) in [6, 6.07) is 16.6. The smallest absolute Gasteiger partial charge is 0.233 e. The molecule has 0 spiro atoms. The molecule has 1 unspecified atom stereocenters. The van der Waals surface area contributed by atoms with Gasteiger partial charge in [-0.3, -0.25) is 4.79 Å². The number of pyridine rings is 1. The minimum atomic E-state index is -0.331. The number of carbonyl (C=O) groups excluding carboxylic acids is 1. The molecule has 1 atom stereocenters. The van der Waals surface area contributed by atoms with Crippen LogP contribution in [-0.4, -0.2) is 16.1 Å². The SMILES string of the molecule is CC(Sc1ccc(Cl)cc1)C(=O)NCc1ccnc(Oc2ccc(F)cc2)c1. The van der Waals surface area contributed by atoms with Gasteiger partial charge in [-0.25, -0.2) is 9.37 Å². The maximum atomic E-state index is 13.0. The summed E-state index contributed by atoms with van der Waals surface area (Å²) in [5, 5.41) is 3.32. The standard InChI is InChI=1S/C21H18ClFN2O2S/c1-14(28-19-8-2-16(22)3-9-19)21(26)25-13-15-10-11-24-20(12-15)27-18-6-4-17(23)5-7-18/h2-12,14H,13H2,1H3,(H,25,26). The summed E-state index contributed by atoms with van der Waals surface area (Å²) in [6.07, 6.45) is 1.60. The van der Waals surface area contributed by atoms with E-state index in [1.54, 1.807) is 30.5 Å². The molecule has 0 saturated heterocycles. The molecule has 1 amide bonds. The zero-order chi connectivity index (χ0) is 19.9. The van der Waals surface area contributed by atoms with E-state index in [9.17, 15) is 9.18 Å². The molecule has 0 radical (unpaired) electrons. The lowest BCUT2D eigenvalue weighted by Gasteiger charge is -2.12. The van der Waals surface area contributed by atoms with Gasteiger partial charge in [0.25, 0.3) is 0 Å². The highest BCUT2D eigenvalue weighted by Gasteiger charge is 2.14. The van der Waals surface area contributed by atoms with Gasteiger partial charge < -0.3 is 10.1 Å². The topological polar surface area (TPSA) is 51.2 Å². The number of nitrogens with one attached hydrogen (secondary N) is 1. The van der Waals surface area contributed by atoms with Crippen LogP contribution in [0.4, 0.5) is 4.39 Å². The van der Waals surface area contributed by atoms with Gasteiger partial charge in [-0.1, -0.05) is 11.6 Å². The van der Waals surface area contributed by atoms with Crippen LogP contribution in [0.25, 0.3) is 0 Å². The van der Waals surface area contributed by atoms with E-state index >= 15 is 0 Å². The second-order valence-corrected chi connectivity index (χ2v) is 7.84. The van der Waals surface area contributed by atoms with Crippen LogP contribution in [0.5, 0.6) is 11.6 Å². The van der Waals surface area contributed by atoms with Crippen LogP contribution in [-0.2, 0) is 11.3 Å². The molecule has 0 aliphatic heterocycles. The molecule has 1 N–H and O–H groups in total. The summed E-state index contributed by atoms with van der Waals surface area (Å²) in [5.41, 5.74) is 0.851. The van der Waals surface area contributed by atoms with E-state index < -0.39 is 0 Å². The average molecular weight is 417 g/mol. The minimum absolute atomic E-state index is 0.0715. The van der Waals surface area contributed by atoms with Crippen molar-refractivity contribution in [2.75, 3.05) is 0 Å². The Morgan fingerprint density at radius 1 is 1.18 bits per heavy atom. The van der Waals surface area contributed by atoms with Gasteiger partial charge in [0.1, 0.15) is 11.6 Å². The Balaban J connectivity index is 1.54. The predicted molar refractivity (Wildman–Crippen MR) is 109 cm³/mol. The molecule has 144 valence electrons. The van der Waals surface area contributed by atoms with Gasteiger partial charge in [-0.2, -0.15) is 0 Å². The summed E-state index contributed by atoms with van der Waals surface area (Å²) < 4.78 is 18.6. The van der Waals surface area contributed by atoms with Gasteiger partial charge in [0.05, 0.1) is 5.25 Å². The number of hydrogen-bond donors (Lipinski definition) is 1. The minimum Gasteiger partial charge on any atom is -0.439 e. The maximum Gasteiger partial charge on any atom is 0.233 e. The number of ether oxygens (including phenoxy) is 1. The molecule has 3 aromatic rings. The fourth-order valence-electron chi connectivity index (χ4n) is 2.34.